The molecule has 1 saturated heterocycles. The van der Waals surface area contributed by atoms with Gasteiger partial charge in [-0.25, -0.2) is 0 Å². The first-order valence-electron chi connectivity index (χ1n) is 7.39. The first-order valence-corrected chi connectivity index (χ1v) is 7.39. The molecule has 1 fully saturated rings. The number of hydrogen-bond acceptors (Lipinski definition) is 3. The van der Waals surface area contributed by atoms with E-state index in [1.54, 1.807) is 0 Å². The molecule has 106 valence electrons. The van der Waals surface area contributed by atoms with Gasteiger partial charge < -0.3 is 10.2 Å². The van der Waals surface area contributed by atoms with Crippen LogP contribution in [0.5, 0.6) is 0 Å². The van der Waals surface area contributed by atoms with Crippen LogP contribution >= 0.6 is 0 Å². The first-order chi connectivity index (χ1) is 9.25. The van der Waals surface area contributed by atoms with Gasteiger partial charge in [0.1, 0.15) is 0 Å². The number of benzene rings is 1. The van der Waals surface area contributed by atoms with Crippen molar-refractivity contribution in [2.75, 3.05) is 46.8 Å². The summed E-state index contributed by atoms with van der Waals surface area (Å²) in [5.41, 5.74) is 1.44. The topological polar surface area (TPSA) is 18.5 Å². The van der Waals surface area contributed by atoms with E-state index >= 15 is 0 Å². The first kappa shape index (κ1) is 14.5. The molecule has 1 aliphatic heterocycles. The lowest BCUT2D eigenvalue weighted by Gasteiger charge is -2.37. The summed E-state index contributed by atoms with van der Waals surface area (Å²) < 4.78 is 0. The smallest absolute Gasteiger partial charge is 0.0345 e. The maximum Gasteiger partial charge on any atom is 0.0345 e. The van der Waals surface area contributed by atoms with Crippen LogP contribution in [0.15, 0.2) is 30.3 Å². The summed E-state index contributed by atoms with van der Waals surface area (Å²) >= 11 is 0. The molecular weight excluding hydrogens is 234 g/mol. The van der Waals surface area contributed by atoms with Gasteiger partial charge in [0, 0.05) is 32.2 Å². The van der Waals surface area contributed by atoms with Crippen molar-refractivity contribution in [1.82, 2.24) is 15.1 Å². The molecule has 0 aromatic heterocycles. The van der Waals surface area contributed by atoms with Gasteiger partial charge in [-0.2, -0.15) is 0 Å². The van der Waals surface area contributed by atoms with Crippen LogP contribution in [-0.4, -0.2) is 62.7 Å². The molecule has 2 rings (SSSR count). The van der Waals surface area contributed by atoms with E-state index in [2.05, 4.69) is 59.5 Å². The van der Waals surface area contributed by atoms with E-state index in [1.165, 1.54) is 38.0 Å². The van der Waals surface area contributed by atoms with E-state index in [1.807, 2.05) is 0 Å². The fourth-order valence-electron chi connectivity index (χ4n) is 2.65. The Kier molecular flexibility index (Phi) is 5.83. The summed E-state index contributed by atoms with van der Waals surface area (Å²) in [6.07, 6.45) is 2.39. The van der Waals surface area contributed by atoms with Crippen LogP contribution in [0.25, 0.3) is 0 Å². The van der Waals surface area contributed by atoms with Crippen LogP contribution in [0, 0.1) is 0 Å². The summed E-state index contributed by atoms with van der Waals surface area (Å²) in [6.45, 7) is 5.79. The van der Waals surface area contributed by atoms with Gasteiger partial charge in [-0.1, -0.05) is 30.3 Å². The highest BCUT2D eigenvalue weighted by Gasteiger charge is 2.21. The third-order valence-corrected chi connectivity index (χ3v) is 4.02. The SMILES string of the molecule is CN1CCN(C)C(CNCCCc2ccccc2)C1. The molecule has 3 heteroatoms. The number of nitrogens with one attached hydrogen (secondary N) is 1. The number of hydrogen-bond donors (Lipinski definition) is 1. The van der Waals surface area contributed by atoms with Gasteiger partial charge in [0.2, 0.25) is 0 Å². The largest absolute Gasteiger partial charge is 0.315 e. The Morgan fingerprint density at radius 1 is 1.16 bits per heavy atom. The van der Waals surface area contributed by atoms with Crippen LogP contribution in [0.1, 0.15) is 12.0 Å². The summed E-state index contributed by atoms with van der Waals surface area (Å²) in [7, 11) is 4.46. The van der Waals surface area contributed by atoms with Crippen LogP contribution in [-0.2, 0) is 6.42 Å². The van der Waals surface area contributed by atoms with Crippen molar-refractivity contribution in [3.63, 3.8) is 0 Å². The Bertz CT molecular complexity index is 352. The fraction of sp³-hybridized carbons (Fsp3) is 0.625. The van der Waals surface area contributed by atoms with Gasteiger partial charge in [-0.3, -0.25) is 4.90 Å². The molecule has 0 saturated carbocycles. The van der Waals surface area contributed by atoms with Crippen molar-refractivity contribution >= 4 is 0 Å². The highest BCUT2D eigenvalue weighted by molar-refractivity contribution is 5.14. The Morgan fingerprint density at radius 3 is 2.74 bits per heavy atom. The van der Waals surface area contributed by atoms with Crippen molar-refractivity contribution in [3.05, 3.63) is 35.9 Å². The summed E-state index contributed by atoms with van der Waals surface area (Å²) in [5, 5.41) is 3.61. The summed E-state index contributed by atoms with van der Waals surface area (Å²) in [6, 6.07) is 11.4. The molecule has 0 spiro atoms. The molecule has 1 aromatic rings. The monoisotopic (exact) mass is 261 g/mol. The minimum Gasteiger partial charge on any atom is -0.315 e. The number of nitrogens with zero attached hydrogens (tertiary/aromatic N) is 2. The molecular formula is C16H27N3. The van der Waals surface area contributed by atoms with Gasteiger partial charge in [0.15, 0.2) is 0 Å². The Balaban J connectivity index is 1.59. The lowest BCUT2D eigenvalue weighted by Crippen LogP contribution is -2.53. The minimum atomic E-state index is 0.662. The van der Waals surface area contributed by atoms with Crippen LogP contribution in [0.2, 0.25) is 0 Å². The van der Waals surface area contributed by atoms with E-state index in [4.69, 9.17) is 0 Å². The van der Waals surface area contributed by atoms with Crippen LogP contribution < -0.4 is 5.32 Å². The predicted molar refractivity (Wildman–Crippen MR) is 81.5 cm³/mol. The molecule has 0 bridgehead atoms. The van der Waals surface area contributed by atoms with Crippen molar-refractivity contribution in [2.45, 2.75) is 18.9 Å². The number of piperazine rings is 1. The van der Waals surface area contributed by atoms with E-state index < -0.39 is 0 Å². The molecule has 1 unspecified atom stereocenters. The van der Waals surface area contributed by atoms with Gasteiger partial charge >= 0.3 is 0 Å². The molecule has 0 aliphatic carbocycles. The Morgan fingerprint density at radius 2 is 1.95 bits per heavy atom. The van der Waals surface area contributed by atoms with Gasteiger partial charge in [-0.15, -0.1) is 0 Å². The van der Waals surface area contributed by atoms with Crippen molar-refractivity contribution < 1.29 is 0 Å². The number of rotatable bonds is 6. The molecule has 0 amide bonds. The fourth-order valence-corrected chi connectivity index (χ4v) is 2.65. The standard InChI is InChI=1S/C16H27N3/c1-18-11-12-19(2)16(14-18)13-17-10-6-9-15-7-4-3-5-8-15/h3-5,7-8,16-17H,6,9-14H2,1-2H3. The average molecular weight is 261 g/mol. The van der Waals surface area contributed by atoms with Crippen molar-refractivity contribution in [3.8, 4) is 0 Å². The van der Waals surface area contributed by atoms with Crippen molar-refractivity contribution in [2.24, 2.45) is 0 Å². The van der Waals surface area contributed by atoms with Gasteiger partial charge in [0.05, 0.1) is 0 Å². The second kappa shape index (κ2) is 7.63. The zero-order valence-electron chi connectivity index (χ0n) is 12.3. The summed E-state index contributed by atoms with van der Waals surface area (Å²) in [5.74, 6) is 0. The Labute approximate surface area is 117 Å². The zero-order chi connectivity index (χ0) is 13.5. The van der Waals surface area contributed by atoms with Crippen LogP contribution in [0.3, 0.4) is 0 Å². The summed E-state index contributed by atoms with van der Waals surface area (Å²) in [4.78, 5) is 4.90. The lowest BCUT2D eigenvalue weighted by atomic mass is 10.1. The van der Waals surface area contributed by atoms with Gasteiger partial charge in [0.25, 0.3) is 0 Å². The third-order valence-electron chi connectivity index (χ3n) is 4.02. The maximum absolute atomic E-state index is 3.61. The minimum absolute atomic E-state index is 0.662. The second-order valence-electron chi connectivity index (χ2n) is 5.69. The van der Waals surface area contributed by atoms with Gasteiger partial charge in [-0.05, 0) is 39.0 Å². The molecule has 1 aliphatic rings. The maximum atomic E-state index is 3.61. The molecule has 1 atom stereocenters. The predicted octanol–water partition coefficient (Wildman–Crippen LogP) is 1.45. The number of likely N-dealkylation sites (N-methyl/N-ethyl adjacent to an activating group) is 2. The number of aryl methyl sites for hydroxylation is 1. The van der Waals surface area contributed by atoms with E-state index in [-0.39, 0.29) is 0 Å². The molecule has 0 radical (unpaired) electrons. The molecule has 1 N–H and O–H groups in total. The van der Waals surface area contributed by atoms with E-state index in [0.29, 0.717) is 6.04 Å². The molecule has 3 nitrogen and oxygen atoms in total. The lowest BCUT2D eigenvalue weighted by molar-refractivity contribution is 0.113. The molecule has 1 heterocycles. The van der Waals surface area contributed by atoms with E-state index in [0.717, 1.165) is 13.1 Å². The highest BCUT2D eigenvalue weighted by Crippen LogP contribution is 2.05. The molecule has 19 heavy (non-hydrogen) atoms. The normalized spacial score (nSPS) is 21.7. The van der Waals surface area contributed by atoms with Crippen molar-refractivity contribution in [1.29, 1.82) is 0 Å². The average Bonchev–Trinajstić information content (AvgIpc) is 2.43. The van der Waals surface area contributed by atoms with E-state index in [9.17, 15) is 0 Å². The highest BCUT2D eigenvalue weighted by atomic mass is 15.3. The second-order valence-corrected chi connectivity index (χ2v) is 5.69. The zero-order valence-corrected chi connectivity index (χ0v) is 12.3. The Hall–Kier alpha value is -0.900. The molecule has 1 aromatic carbocycles. The quantitative estimate of drug-likeness (QED) is 0.782. The van der Waals surface area contributed by atoms with Crippen LogP contribution in [0.4, 0.5) is 0 Å². The third kappa shape index (κ3) is 4.94.